The first kappa shape index (κ1) is 93.6. The van der Waals surface area contributed by atoms with Crippen molar-refractivity contribution in [1.29, 1.82) is 0 Å². The molecule has 117 heavy (non-hydrogen) atoms. The Morgan fingerprint density at radius 3 is 1.95 bits per heavy atom. The van der Waals surface area contributed by atoms with Crippen molar-refractivity contribution in [3.05, 3.63) is 159 Å². The number of aryl methyl sites for hydroxylation is 5. The molecule has 0 unspecified atom stereocenters. The third-order valence-electron chi connectivity index (χ3n) is 19.2. The van der Waals surface area contributed by atoms with E-state index in [2.05, 4.69) is 93.8 Å². The van der Waals surface area contributed by atoms with Crippen LogP contribution in [0.3, 0.4) is 0 Å². The second-order valence-electron chi connectivity index (χ2n) is 29.7. The van der Waals surface area contributed by atoms with Crippen LogP contribution < -0.4 is 63.6 Å². The van der Waals surface area contributed by atoms with Gasteiger partial charge in [0.15, 0.2) is 5.82 Å². The van der Waals surface area contributed by atoms with Crippen LogP contribution in [-0.4, -0.2) is 202 Å². The van der Waals surface area contributed by atoms with Gasteiger partial charge in [-0.15, -0.1) is 10.2 Å². The van der Waals surface area contributed by atoms with Gasteiger partial charge in [0, 0.05) is 49.0 Å². The normalized spacial score (nSPS) is 14.1. The van der Waals surface area contributed by atoms with Gasteiger partial charge in [-0.25, -0.2) is 9.37 Å². The molecule has 0 aliphatic carbocycles. The molecular weight excluding hydrogens is 1520 g/mol. The lowest BCUT2D eigenvalue weighted by molar-refractivity contribution is -0.142. The lowest BCUT2D eigenvalue weighted by Gasteiger charge is -2.34. The molecule has 6 aromatic rings. The Balaban J connectivity index is 1.13. The van der Waals surface area contributed by atoms with Gasteiger partial charge in [0.1, 0.15) is 64.9 Å². The Hall–Kier alpha value is -12.2. The third-order valence-corrected chi connectivity index (χ3v) is 19.2. The van der Waals surface area contributed by atoms with E-state index in [0.717, 1.165) is 105 Å². The van der Waals surface area contributed by atoms with Crippen molar-refractivity contribution in [2.75, 3.05) is 19.7 Å². The topological polar surface area (TPSA) is 553 Å². The predicted octanol–water partition coefficient (Wildman–Crippen LogP) is 3.03. The number of carbonyl (C=O) groups excluding carboxylic acids is 11. The van der Waals surface area contributed by atoms with Gasteiger partial charge < -0.3 is 83.9 Å². The molecule has 0 aliphatic rings. The van der Waals surface area contributed by atoms with Gasteiger partial charge in [-0.2, -0.15) is 5.21 Å². The number of carboxylic acid groups (broad SMARTS) is 1. The van der Waals surface area contributed by atoms with E-state index in [1.807, 2.05) is 57.2 Å². The molecule has 2 aromatic heterocycles. The summed E-state index contributed by atoms with van der Waals surface area (Å²) in [6, 6.07) is 11.9. The minimum absolute atomic E-state index is 0.0310. The first-order valence-corrected chi connectivity index (χ1v) is 38.9. The van der Waals surface area contributed by atoms with E-state index < -0.39 is 162 Å². The number of imidazole rings is 1. The van der Waals surface area contributed by atoms with E-state index in [1.165, 1.54) is 32.0 Å². The minimum atomic E-state index is -2.35. The van der Waals surface area contributed by atoms with Gasteiger partial charge in [-0.05, 0) is 170 Å². The summed E-state index contributed by atoms with van der Waals surface area (Å²) in [6.07, 6.45) is 5.49. The number of azide groups is 1. The lowest BCUT2D eigenvalue weighted by atomic mass is 9.90. The summed E-state index contributed by atoms with van der Waals surface area (Å²) in [7, 11) is 0. The summed E-state index contributed by atoms with van der Waals surface area (Å²) in [5.74, 6) is -13.1. The van der Waals surface area contributed by atoms with Crippen molar-refractivity contribution in [1.82, 2.24) is 83.8 Å². The molecule has 36 nitrogen and oxygen atoms in total. The number of carbonyl (C=O) groups is 12. The van der Waals surface area contributed by atoms with Crippen molar-refractivity contribution < 1.29 is 82.0 Å². The van der Waals surface area contributed by atoms with Crippen LogP contribution in [0, 0.1) is 19.7 Å². The zero-order valence-corrected chi connectivity index (χ0v) is 67.3. The summed E-state index contributed by atoms with van der Waals surface area (Å²) in [4.78, 5) is 176. The Morgan fingerprint density at radius 2 is 1.31 bits per heavy atom. The number of benzene rings is 4. The number of rotatable bonds is 50. The van der Waals surface area contributed by atoms with E-state index in [9.17, 15) is 72.9 Å². The maximum atomic E-state index is 15.6. The van der Waals surface area contributed by atoms with Gasteiger partial charge in [0.25, 0.3) is 0 Å². The van der Waals surface area contributed by atoms with Crippen molar-refractivity contribution >= 4 is 70.9 Å². The zero-order valence-electron chi connectivity index (χ0n) is 67.3. The fourth-order valence-corrected chi connectivity index (χ4v) is 12.8. The second kappa shape index (κ2) is 46.3. The number of hydrogen-bond donors (Lipinski definition) is 16. The predicted molar refractivity (Wildman–Crippen MR) is 426 cm³/mol. The van der Waals surface area contributed by atoms with Gasteiger partial charge >= 0.3 is 5.97 Å². The van der Waals surface area contributed by atoms with Gasteiger partial charge in [0.05, 0.1) is 38.1 Å². The number of halogens is 1. The SMILES string of the molecule is CCc1cc(OCCCCN=[N+]=[N-])ccc1-c1ccc(C[C@H](NC(=O)[C@H](CC(=O)O)NC(=O)[C@H](C)NC(=O)[C@@H](NC(=O)[C@](C)(Cc2ccccc2F)NC(=O)[C@@H](NC(=O)CNC(=O)[C@H](Cc2nn[nH]n2)NC(=O)C(C)(C)NC(=O)CCCCCCCc2cnc[nH]2)[C@@H](C)O)[C@@H](C)O)C(=O)N[C@@H](CCCc2cc(C)cc(C)c2)C(N)=O)cc1. The lowest BCUT2D eigenvalue weighted by Crippen LogP contribution is -2.66. The van der Waals surface area contributed by atoms with Gasteiger partial charge in [0.2, 0.25) is 65.0 Å². The molecule has 0 aliphatic heterocycles. The Morgan fingerprint density at radius 1 is 0.650 bits per heavy atom. The van der Waals surface area contributed by atoms with Crippen LogP contribution in [0.15, 0.2) is 103 Å². The molecule has 2 heterocycles. The van der Waals surface area contributed by atoms with E-state index in [-0.39, 0.29) is 37.1 Å². The fraction of sp³-hybridized carbons (Fsp3) is 0.500. The number of tetrazole rings is 1. The number of H-pyrrole nitrogens is 2. The molecule has 0 radical (unpaired) electrons. The first-order chi connectivity index (χ1) is 55.6. The summed E-state index contributed by atoms with van der Waals surface area (Å²) in [5, 5.41) is 73.6. The number of aromatic amines is 2. The number of aromatic nitrogens is 6. The summed E-state index contributed by atoms with van der Waals surface area (Å²) >= 11 is 0. The number of amides is 11. The molecule has 0 saturated carbocycles. The highest BCUT2D eigenvalue weighted by atomic mass is 19.1. The monoisotopic (exact) mass is 1620 g/mol. The molecule has 4 aromatic carbocycles. The van der Waals surface area contributed by atoms with Crippen molar-refractivity contribution in [2.45, 2.75) is 237 Å². The smallest absolute Gasteiger partial charge is 0.305 e. The molecule has 0 bridgehead atoms. The van der Waals surface area contributed by atoms with Crippen LogP contribution in [0.4, 0.5) is 4.39 Å². The number of carboxylic acids is 1. The number of ether oxygens (including phenoxy) is 1. The Bertz CT molecular complexity index is 4390. The molecule has 6 rings (SSSR count). The molecule has 11 amide bonds. The van der Waals surface area contributed by atoms with Gasteiger partial charge in [-0.3, -0.25) is 57.5 Å². The summed E-state index contributed by atoms with van der Waals surface area (Å²) in [6.45, 7) is 13.0. The fourth-order valence-electron chi connectivity index (χ4n) is 12.8. The molecule has 10 atom stereocenters. The highest BCUT2D eigenvalue weighted by Crippen LogP contribution is 2.29. The van der Waals surface area contributed by atoms with Crippen LogP contribution in [0.5, 0.6) is 5.75 Å². The standard InChI is InChI=1S/C80H109FN20O16/c1-10-53-39-57(117-34-19-18-33-87-99-83)31-32-58(53)54-29-27-51(28-30-54)38-61(73(111)89-60(70(82)108)25-20-21-52-36-46(2)35-47(3)37-52)91-74(112)63(41-67(106)107)90-71(109)48(4)88-75(113)68(49(5)102)94-78(116)80(9,42-55-22-16-17-24-59(55)81)96-76(114)69(50(6)103)93-66(105)44-85-72(110)62(40-64-97-100-101-98-64)92-77(115)79(7,8)95-65(104)26-15-13-11-12-14-23-56-43-84-45-86-56/h16-17,22,24,27-32,35-37,39,43,45,48-50,60-63,68-69,102-103H,10-15,18-21,23,25-26,33-34,38,40-42,44H2,1-9H3,(H2,82,108)(H,84,86)(H,85,110)(H,88,113)(H,89,111)(H,90,109)(H,91,112)(H,92,115)(H,93,105)(H,94,116)(H,95,104)(H,96,114)(H,106,107)(H,97,98,100,101)/t48-,49+,50+,60-,61-,62-,63-,68-,69-,80-/m0/s1. The van der Waals surface area contributed by atoms with E-state index in [4.69, 9.17) is 16.0 Å². The maximum Gasteiger partial charge on any atom is 0.305 e. The quantitative estimate of drug-likeness (QED) is 0.0113. The van der Waals surface area contributed by atoms with E-state index in [0.29, 0.717) is 63.0 Å². The number of nitrogens with one attached hydrogen (secondary N) is 12. The molecule has 0 fully saturated rings. The number of primary amides is 1. The van der Waals surface area contributed by atoms with Crippen molar-refractivity contribution in [2.24, 2.45) is 10.8 Å². The molecule has 0 spiro atoms. The molecular formula is C80H109FN20O16. The van der Waals surface area contributed by atoms with Crippen molar-refractivity contribution in [3.8, 4) is 16.9 Å². The second-order valence-corrected chi connectivity index (χ2v) is 29.7. The Labute approximate surface area is 676 Å². The minimum Gasteiger partial charge on any atom is -0.494 e. The highest BCUT2D eigenvalue weighted by Gasteiger charge is 2.43. The molecule has 17 N–H and O–H groups in total. The van der Waals surface area contributed by atoms with E-state index >= 15 is 4.39 Å². The first-order valence-electron chi connectivity index (χ1n) is 38.9. The summed E-state index contributed by atoms with van der Waals surface area (Å²) in [5.41, 5.74) is 17.5. The third kappa shape index (κ3) is 31.1. The van der Waals surface area contributed by atoms with Crippen LogP contribution in [0.1, 0.15) is 164 Å². The Kier molecular flexibility index (Phi) is 37.1. The van der Waals surface area contributed by atoms with Crippen LogP contribution in [-0.2, 0) is 96.1 Å². The molecule has 0 saturated heterocycles. The van der Waals surface area contributed by atoms with Gasteiger partial charge in [-0.1, -0.05) is 114 Å². The number of aliphatic hydroxyl groups excluding tert-OH is 2. The number of aliphatic carboxylic acids is 1. The average Bonchev–Trinajstić information content (AvgIpc) is 1.51. The average molecular weight is 1630 g/mol. The number of nitrogens with two attached hydrogens (primary N) is 1. The van der Waals surface area contributed by atoms with Crippen LogP contribution in [0.25, 0.3) is 21.6 Å². The zero-order chi connectivity index (χ0) is 85.9. The maximum absolute atomic E-state index is 15.6. The van der Waals surface area contributed by atoms with Crippen molar-refractivity contribution in [3.63, 3.8) is 0 Å². The number of nitrogens with zero attached hydrogens (tertiary/aromatic N) is 7. The molecule has 37 heteroatoms. The highest BCUT2D eigenvalue weighted by molar-refractivity contribution is 6.00. The summed E-state index contributed by atoms with van der Waals surface area (Å²) < 4.78 is 21.5. The number of hydrogen-bond acceptors (Lipinski definition) is 20. The number of unbranched alkanes of at least 4 members (excludes halogenated alkanes) is 5. The molecule has 632 valence electrons. The van der Waals surface area contributed by atoms with E-state index in [1.54, 1.807) is 36.8 Å². The van der Waals surface area contributed by atoms with Crippen LogP contribution in [0.2, 0.25) is 0 Å². The largest absolute Gasteiger partial charge is 0.494 e. The van der Waals surface area contributed by atoms with Crippen LogP contribution >= 0.6 is 0 Å². The number of aliphatic hydroxyl groups is 2.